The average molecular weight is 264 g/mol. The van der Waals surface area contributed by atoms with Crippen LogP contribution < -0.4 is 5.32 Å². The van der Waals surface area contributed by atoms with Crippen molar-refractivity contribution in [2.75, 3.05) is 13.1 Å². The van der Waals surface area contributed by atoms with Gasteiger partial charge in [0.05, 0.1) is 0 Å². The lowest BCUT2D eigenvalue weighted by Crippen LogP contribution is -2.49. The molecule has 0 bridgehead atoms. The van der Waals surface area contributed by atoms with Crippen molar-refractivity contribution in [2.45, 2.75) is 64.3 Å². The molecular weight excluding hydrogens is 236 g/mol. The molecule has 19 heavy (non-hydrogen) atoms. The zero-order chi connectivity index (χ0) is 13.2. The van der Waals surface area contributed by atoms with Crippen LogP contribution in [0.1, 0.15) is 58.3 Å². The Hall–Kier alpha value is -0.570. The van der Waals surface area contributed by atoms with Crippen LogP contribution in [0.25, 0.3) is 0 Å². The molecule has 0 aromatic heterocycles. The summed E-state index contributed by atoms with van der Waals surface area (Å²) in [4.78, 5) is 0. The maximum atomic E-state index is 12.0. The van der Waals surface area contributed by atoms with E-state index in [4.69, 9.17) is 0 Å². The Morgan fingerprint density at radius 3 is 3.00 bits per heavy atom. The first-order chi connectivity index (χ1) is 9.24. The Balaban J connectivity index is 1.70. The Bertz CT molecular complexity index is 353. The van der Waals surface area contributed by atoms with Gasteiger partial charge in [-0.1, -0.05) is 6.92 Å². The first-order valence-electron chi connectivity index (χ1n) is 8.27. The molecule has 1 N–H and O–H groups in total. The van der Waals surface area contributed by atoms with Gasteiger partial charge in [-0.05, 0) is 56.4 Å². The number of piperidine rings is 1. The van der Waals surface area contributed by atoms with Gasteiger partial charge >= 0.3 is 0 Å². The van der Waals surface area contributed by atoms with Gasteiger partial charge in [-0.2, -0.15) is 0 Å². The van der Waals surface area contributed by atoms with Crippen molar-refractivity contribution in [3.63, 3.8) is 0 Å². The van der Waals surface area contributed by atoms with Crippen molar-refractivity contribution in [3.8, 4) is 0 Å². The van der Waals surface area contributed by atoms with Crippen LogP contribution in [-0.4, -0.2) is 29.6 Å². The highest BCUT2D eigenvalue weighted by Gasteiger charge is 2.38. The van der Waals surface area contributed by atoms with Gasteiger partial charge in [0.15, 0.2) is 12.3 Å². The standard InChI is InChI=1S/C16H28N2O/c1-12-9-13(11-14-5-2-3-8-18(14)19)15-6-4-7-17-16(15)10-12/h12-13,15-17H,2-11H2,1H3/t12-,13+,15-,16-/m1/s1. The van der Waals surface area contributed by atoms with Crippen LogP contribution >= 0.6 is 0 Å². The van der Waals surface area contributed by atoms with Crippen molar-refractivity contribution >= 4 is 5.71 Å². The van der Waals surface area contributed by atoms with Crippen molar-refractivity contribution in [2.24, 2.45) is 17.8 Å². The van der Waals surface area contributed by atoms with Crippen molar-refractivity contribution < 1.29 is 4.74 Å². The van der Waals surface area contributed by atoms with E-state index in [1.807, 2.05) is 0 Å². The van der Waals surface area contributed by atoms with E-state index < -0.39 is 0 Å². The number of hydrogen-bond donors (Lipinski definition) is 1. The largest absolute Gasteiger partial charge is 0.624 e. The normalized spacial score (nSPS) is 40.1. The lowest BCUT2D eigenvalue weighted by molar-refractivity contribution is -0.465. The molecule has 4 atom stereocenters. The molecule has 2 aliphatic heterocycles. The Labute approximate surface area is 117 Å². The monoisotopic (exact) mass is 264 g/mol. The first-order valence-corrected chi connectivity index (χ1v) is 8.27. The second-order valence-electron chi connectivity index (χ2n) is 7.03. The highest BCUT2D eigenvalue weighted by Crippen LogP contribution is 2.40. The first kappa shape index (κ1) is 13.4. The van der Waals surface area contributed by atoms with Gasteiger partial charge in [0.25, 0.3) is 0 Å². The summed E-state index contributed by atoms with van der Waals surface area (Å²) in [7, 11) is 0. The number of nitrogens with one attached hydrogen (secondary N) is 1. The molecule has 3 heteroatoms. The number of fused-ring (bicyclic) bond motifs is 1. The molecule has 0 radical (unpaired) electrons. The number of hydroxylamine groups is 1. The lowest BCUT2D eigenvalue weighted by Gasteiger charge is -2.44. The number of hydrogen-bond acceptors (Lipinski definition) is 2. The molecule has 0 unspecified atom stereocenters. The van der Waals surface area contributed by atoms with E-state index in [1.165, 1.54) is 49.1 Å². The molecule has 0 aromatic rings. The van der Waals surface area contributed by atoms with Crippen molar-refractivity contribution in [1.29, 1.82) is 0 Å². The summed E-state index contributed by atoms with van der Waals surface area (Å²) in [5.74, 6) is 2.40. The summed E-state index contributed by atoms with van der Waals surface area (Å²) in [6, 6.07) is 0.729. The summed E-state index contributed by atoms with van der Waals surface area (Å²) in [5, 5.41) is 15.7. The van der Waals surface area contributed by atoms with Crippen LogP contribution in [0.2, 0.25) is 0 Å². The summed E-state index contributed by atoms with van der Waals surface area (Å²) in [5.41, 5.74) is 1.20. The topological polar surface area (TPSA) is 38.1 Å². The van der Waals surface area contributed by atoms with Gasteiger partial charge in [-0.3, -0.25) is 0 Å². The fourth-order valence-electron chi connectivity index (χ4n) is 4.63. The van der Waals surface area contributed by atoms with E-state index in [1.54, 1.807) is 0 Å². The van der Waals surface area contributed by atoms with Gasteiger partial charge in [-0.25, -0.2) is 4.74 Å². The van der Waals surface area contributed by atoms with Gasteiger partial charge in [-0.15, -0.1) is 0 Å². The lowest BCUT2D eigenvalue weighted by atomic mass is 9.66. The third kappa shape index (κ3) is 2.96. The summed E-state index contributed by atoms with van der Waals surface area (Å²) < 4.78 is 1.31. The van der Waals surface area contributed by atoms with E-state index in [0.29, 0.717) is 0 Å². The fourth-order valence-corrected chi connectivity index (χ4v) is 4.63. The Morgan fingerprint density at radius 2 is 2.16 bits per heavy atom. The maximum Gasteiger partial charge on any atom is 0.163 e. The van der Waals surface area contributed by atoms with Gasteiger partial charge < -0.3 is 10.5 Å². The zero-order valence-corrected chi connectivity index (χ0v) is 12.2. The average Bonchev–Trinajstić information content (AvgIpc) is 2.41. The third-order valence-corrected chi connectivity index (χ3v) is 5.53. The predicted octanol–water partition coefficient (Wildman–Crippen LogP) is 2.93. The smallest absolute Gasteiger partial charge is 0.163 e. The second-order valence-corrected chi connectivity index (χ2v) is 7.03. The fraction of sp³-hybridized carbons (Fsp3) is 0.938. The summed E-state index contributed by atoms with van der Waals surface area (Å²) in [6.07, 6.45) is 9.82. The third-order valence-electron chi connectivity index (χ3n) is 5.53. The molecule has 2 fully saturated rings. The molecule has 1 saturated carbocycles. The summed E-state index contributed by atoms with van der Waals surface area (Å²) >= 11 is 0. The highest BCUT2D eigenvalue weighted by atomic mass is 16.5. The number of rotatable bonds is 2. The molecule has 0 aromatic carbocycles. The van der Waals surface area contributed by atoms with Gasteiger partial charge in [0.1, 0.15) is 0 Å². The minimum atomic E-state index is 0.729. The minimum Gasteiger partial charge on any atom is -0.624 e. The molecule has 3 nitrogen and oxygen atoms in total. The van der Waals surface area contributed by atoms with Crippen LogP contribution in [0.5, 0.6) is 0 Å². The zero-order valence-electron chi connectivity index (χ0n) is 12.2. The van der Waals surface area contributed by atoms with E-state index in [2.05, 4.69) is 12.2 Å². The molecule has 3 rings (SSSR count). The Kier molecular flexibility index (Phi) is 4.11. The van der Waals surface area contributed by atoms with Gasteiger partial charge in [0, 0.05) is 25.3 Å². The molecule has 1 aliphatic carbocycles. The van der Waals surface area contributed by atoms with E-state index in [9.17, 15) is 5.21 Å². The molecule has 0 spiro atoms. The van der Waals surface area contributed by atoms with Crippen molar-refractivity contribution in [1.82, 2.24) is 5.32 Å². The van der Waals surface area contributed by atoms with E-state index in [-0.39, 0.29) is 0 Å². The highest BCUT2D eigenvalue weighted by molar-refractivity contribution is 5.80. The number of nitrogens with zero attached hydrogens (tertiary/aromatic N) is 1. The molecule has 0 amide bonds. The van der Waals surface area contributed by atoms with Crippen LogP contribution in [0.4, 0.5) is 0 Å². The minimum absolute atomic E-state index is 0.729. The van der Waals surface area contributed by atoms with E-state index >= 15 is 0 Å². The van der Waals surface area contributed by atoms with Gasteiger partial charge in [0.2, 0.25) is 0 Å². The van der Waals surface area contributed by atoms with Crippen molar-refractivity contribution in [3.05, 3.63) is 5.21 Å². The SMILES string of the molecule is C[C@@H]1C[C@@H](CC2=[N+]([O-])CCCC2)[C@H]2CCCN[C@@H]2C1. The molecule has 3 aliphatic rings. The van der Waals surface area contributed by atoms with E-state index in [0.717, 1.165) is 49.6 Å². The molecule has 2 heterocycles. The molecular formula is C16H28N2O. The maximum absolute atomic E-state index is 12.0. The van der Waals surface area contributed by atoms with Crippen LogP contribution in [0.3, 0.4) is 0 Å². The summed E-state index contributed by atoms with van der Waals surface area (Å²) in [6.45, 7) is 4.33. The van der Waals surface area contributed by atoms with Crippen LogP contribution in [0.15, 0.2) is 0 Å². The van der Waals surface area contributed by atoms with Crippen LogP contribution in [-0.2, 0) is 0 Å². The molecule has 1 saturated heterocycles. The predicted molar refractivity (Wildman–Crippen MR) is 78.4 cm³/mol. The Morgan fingerprint density at radius 1 is 1.26 bits per heavy atom. The quantitative estimate of drug-likeness (QED) is 0.615. The second kappa shape index (κ2) is 5.82. The molecule has 108 valence electrons. The van der Waals surface area contributed by atoms with Crippen LogP contribution in [0, 0.1) is 23.0 Å².